The van der Waals surface area contributed by atoms with Crippen LogP contribution in [0.25, 0.3) is 0 Å². The van der Waals surface area contributed by atoms with Crippen molar-refractivity contribution in [1.82, 2.24) is 25.3 Å². The second-order valence-corrected chi connectivity index (χ2v) is 22.9. The summed E-state index contributed by atoms with van der Waals surface area (Å²) in [6, 6.07) is 7.71. The minimum Gasteiger partial charge on any atom is -0.467 e. The van der Waals surface area contributed by atoms with E-state index in [4.69, 9.17) is 49.1 Å². The summed E-state index contributed by atoms with van der Waals surface area (Å²) in [6.45, 7) is 19.6. The summed E-state index contributed by atoms with van der Waals surface area (Å²) in [5, 5.41) is 29.4. The van der Waals surface area contributed by atoms with Gasteiger partial charge in [0.05, 0.1) is 67.2 Å². The molecule has 0 saturated carbocycles. The summed E-state index contributed by atoms with van der Waals surface area (Å²) in [5.74, 6) is -6.16. The summed E-state index contributed by atoms with van der Waals surface area (Å²) in [7, 11) is 6.68. The number of aliphatic hydroxyl groups is 1. The van der Waals surface area contributed by atoms with E-state index in [0.717, 1.165) is 44.9 Å². The fourth-order valence-electron chi connectivity index (χ4n) is 11.2. The highest BCUT2D eigenvalue weighted by atomic mass is 16.7. The van der Waals surface area contributed by atoms with Crippen LogP contribution in [0.1, 0.15) is 125 Å². The maximum absolute atomic E-state index is 14.8. The first kappa shape index (κ1) is 74.3. The molecule has 2 aromatic rings. The van der Waals surface area contributed by atoms with E-state index < -0.39 is 161 Å². The van der Waals surface area contributed by atoms with Crippen molar-refractivity contribution in [2.75, 3.05) is 42.0 Å². The summed E-state index contributed by atoms with van der Waals surface area (Å²) >= 11 is 0. The van der Waals surface area contributed by atoms with Crippen molar-refractivity contribution in [1.29, 1.82) is 0 Å². The standard InChI is InChI=1S/C63H88N6O21/c1-18-24-45(42-28-29-46(44(31-42)69(80)81)88-62-57(87-40(12)72)55(86-39(11)71)54(85-38(10)70)56(90-62)61(78)84-17)89-63(79)67(14)50(34(5)6)59(76)65-49(33(3)4)60(77)66(13)51(35(7)19-2)47(82-15)32-48(73)68-30-23-27-43(68)53(83-16)36(8)58(75)64-37(9)52(74)41-25-21-20-22-26-41/h1,20-22,25-26,28-29,31,33-34,36-37,43,45,47,49-57,62,74H,7,19,23-24,27,30,32H2,2-6,8-17H3,(H,64,75)(H,65,76)/t36-,37-,43+,45?,47-,49+,50+,51+,52-,53-,54+,55+,56+,57-,62-/m1/s1. The molecule has 0 bridgehead atoms. The molecule has 27 heteroatoms. The molecule has 2 fully saturated rings. The van der Waals surface area contributed by atoms with E-state index in [-0.39, 0.29) is 30.2 Å². The molecular formula is C63H88N6O21. The Morgan fingerprint density at radius 3 is 1.97 bits per heavy atom. The second kappa shape index (κ2) is 34.1. The Balaban J connectivity index is 1.56. The van der Waals surface area contributed by atoms with Gasteiger partial charge in [-0.1, -0.05) is 90.1 Å². The van der Waals surface area contributed by atoms with Gasteiger partial charge >= 0.3 is 35.7 Å². The predicted molar refractivity (Wildman–Crippen MR) is 322 cm³/mol. The molecule has 2 aliphatic heterocycles. The Bertz CT molecular complexity index is 2920. The highest BCUT2D eigenvalue weighted by molar-refractivity contribution is 5.92. The summed E-state index contributed by atoms with van der Waals surface area (Å²) in [6.07, 6.45) is -7.60. The second-order valence-electron chi connectivity index (χ2n) is 22.9. The Morgan fingerprint density at radius 1 is 0.822 bits per heavy atom. The number of methoxy groups -OCH3 is 3. The number of likely N-dealkylation sites (tertiary alicyclic amines) is 1. The van der Waals surface area contributed by atoms with Crippen molar-refractivity contribution in [3.8, 4) is 18.1 Å². The lowest BCUT2D eigenvalue weighted by atomic mass is 9.92. The minimum absolute atomic E-state index is 0.0333. The van der Waals surface area contributed by atoms with Crippen LogP contribution in [-0.4, -0.2) is 193 Å². The number of hydrogen-bond acceptors (Lipinski definition) is 21. The fourth-order valence-corrected chi connectivity index (χ4v) is 11.2. The van der Waals surface area contributed by atoms with Crippen LogP contribution in [0.5, 0.6) is 5.75 Å². The SMILES string of the molecule is C#CCC(OC(=O)N(C)[C@H](C(=O)N[C@H](C(=O)N(C)[C@@H](C(=C)CC)[C@@H](CC(=O)N1CCC[C@H]1[C@H](OC)[C@@H](C)C(=O)N[C@H](C)[C@@H](O)c1ccccc1)OC)C(C)C)C(C)C)c1ccc(O[C@@H]2O[C@H](C(=O)OC)[C@@H](OC(C)=O)[C@H](OC(C)=O)[C@H]2OC(C)=O)c([N+](=O)[O-])c1. The van der Waals surface area contributed by atoms with Gasteiger partial charge in [0.25, 0.3) is 0 Å². The smallest absolute Gasteiger partial charge is 0.410 e. The lowest BCUT2D eigenvalue weighted by molar-refractivity contribution is -0.387. The molecular weight excluding hydrogens is 1180 g/mol. The van der Waals surface area contributed by atoms with Gasteiger partial charge in [0, 0.05) is 67.3 Å². The molecule has 2 heterocycles. The highest BCUT2D eigenvalue weighted by Gasteiger charge is 2.56. The number of nitrogens with zero attached hydrogens (tertiary/aromatic N) is 4. The average Bonchev–Trinajstić information content (AvgIpc) is 0.881. The number of terminal acetylenes is 1. The first-order valence-corrected chi connectivity index (χ1v) is 29.6. The Labute approximate surface area is 525 Å². The van der Waals surface area contributed by atoms with E-state index in [1.807, 2.05) is 13.0 Å². The zero-order chi connectivity index (χ0) is 67.6. The Kier molecular flexibility index (Phi) is 28.2. The van der Waals surface area contributed by atoms with Crippen molar-refractivity contribution in [2.24, 2.45) is 17.8 Å². The monoisotopic (exact) mass is 1260 g/mol. The maximum Gasteiger partial charge on any atom is 0.410 e. The highest BCUT2D eigenvalue weighted by Crippen LogP contribution is 2.38. The van der Waals surface area contributed by atoms with Crippen molar-refractivity contribution in [3.63, 3.8) is 0 Å². The lowest BCUT2D eigenvalue weighted by Gasteiger charge is -2.43. The molecule has 1 unspecified atom stereocenters. The molecule has 496 valence electrons. The average molecular weight is 1270 g/mol. The number of nitro groups is 1. The van der Waals surface area contributed by atoms with E-state index >= 15 is 0 Å². The molecule has 15 atom stereocenters. The molecule has 2 saturated heterocycles. The van der Waals surface area contributed by atoms with Gasteiger partial charge in [-0.2, -0.15) is 0 Å². The number of carbonyl (C=O) groups is 9. The van der Waals surface area contributed by atoms with E-state index in [1.54, 1.807) is 70.7 Å². The first-order valence-electron chi connectivity index (χ1n) is 29.6. The van der Waals surface area contributed by atoms with E-state index in [1.165, 1.54) is 39.3 Å². The van der Waals surface area contributed by atoms with E-state index in [2.05, 4.69) is 23.1 Å². The predicted octanol–water partition coefficient (Wildman–Crippen LogP) is 5.04. The number of carbonyl (C=O) groups excluding carboxylic acids is 9. The number of ether oxygens (including phenoxy) is 9. The number of esters is 4. The number of aliphatic hydroxyl groups excluding tert-OH is 1. The third kappa shape index (κ3) is 18.9. The van der Waals surface area contributed by atoms with E-state index in [0.29, 0.717) is 36.9 Å². The van der Waals surface area contributed by atoms with Crippen LogP contribution in [0.3, 0.4) is 0 Å². The Morgan fingerprint density at radius 2 is 1.43 bits per heavy atom. The molecule has 3 N–H and O–H groups in total. The van der Waals surface area contributed by atoms with Crippen molar-refractivity contribution < 1.29 is 95.8 Å². The van der Waals surface area contributed by atoms with Crippen molar-refractivity contribution >= 4 is 59.3 Å². The van der Waals surface area contributed by atoms with Crippen LogP contribution in [0.15, 0.2) is 60.7 Å². The van der Waals surface area contributed by atoms with Crippen LogP contribution in [-0.2, 0) is 76.3 Å². The zero-order valence-electron chi connectivity index (χ0n) is 53.9. The number of amides is 5. The lowest BCUT2D eigenvalue weighted by Crippen LogP contribution is -2.64. The number of nitrogens with one attached hydrogen (secondary N) is 2. The topological polar surface area (TPSA) is 334 Å². The molecule has 5 amide bonds. The molecule has 0 aliphatic carbocycles. The fraction of sp³-hybridized carbons (Fsp3) is 0.603. The molecule has 2 aromatic carbocycles. The third-order valence-corrected chi connectivity index (χ3v) is 15.8. The van der Waals surface area contributed by atoms with Crippen molar-refractivity contribution in [2.45, 2.75) is 187 Å². The maximum atomic E-state index is 14.8. The van der Waals surface area contributed by atoms with Gasteiger partial charge in [-0.05, 0) is 49.7 Å². The van der Waals surface area contributed by atoms with Crippen LogP contribution in [0.4, 0.5) is 10.5 Å². The summed E-state index contributed by atoms with van der Waals surface area (Å²) < 4.78 is 50.3. The number of rotatable bonds is 30. The zero-order valence-corrected chi connectivity index (χ0v) is 53.9. The molecule has 0 radical (unpaired) electrons. The number of hydrogen-bond donors (Lipinski definition) is 3. The van der Waals surface area contributed by atoms with Gasteiger partial charge in [0.2, 0.25) is 36.0 Å². The molecule has 90 heavy (non-hydrogen) atoms. The van der Waals surface area contributed by atoms with Crippen LogP contribution in [0.2, 0.25) is 0 Å². The van der Waals surface area contributed by atoms with Gasteiger partial charge in [-0.15, -0.1) is 12.3 Å². The third-order valence-electron chi connectivity index (χ3n) is 15.8. The van der Waals surface area contributed by atoms with Crippen molar-refractivity contribution in [3.05, 3.63) is 81.9 Å². The van der Waals surface area contributed by atoms with Gasteiger partial charge in [-0.25, -0.2) is 9.59 Å². The molecule has 27 nitrogen and oxygen atoms in total. The van der Waals surface area contributed by atoms with Gasteiger partial charge < -0.3 is 68.2 Å². The Hall–Kier alpha value is -8.19. The normalized spacial score (nSPS) is 21.0. The quantitative estimate of drug-likeness (QED) is 0.0230. The number of nitro benzene ring substituents is 1. The number of likely N-dealkylation sites (N-methyl/N-ethyl adjacent to an activating group) is 2. The number of benzene rings is 2. The first-order chi connectivity index (χ1) is 42.4. The molecule has 0 aromatic heterocycles. The molecule has 0 spiro atoms. The molecule has 2 aliphatic rings. The van der Waals surface area contributed by atoms with Gasteiger partial charge in [0.15, 0.2) is 24.1 Å². The molecule has 4 rings (SSSR count). The van der Waals surface area contributed by atoms with Crippen LogP contribution < -0.4 is 15.4 Å². The van der Waals surface area contributed by atoms with Crippen LogP contribution in [0, 0.1) is 40.2 Å². The largest absolute Gasteiger partial charge is 0.467 e. The van der Waals surface area contributed by atoms with E-state index in [9.17, 15) is 58.4 Å². The minimum atomic E-state index is -1.96. The van der Waals surface area contributed by atoms with Gasteiger partial charge in [0.1, 0.15) is 18.2 Å². The summed E-state index contributed by atoms with van der Waals surface area (Å²) in [5.41, 5.74) is 0.367. The summed E-state index contributed by atoms with van der Waals surface area (Å²) in [4.78, 5) is 138. The van der Waals surface area contributed by atoms with Gasteiger partial charge in [-0.3, -0.25) is 48.6 Å². The van der Waals surface area contributed by atoms with Crippen LogP contribution >= 0.6 is 0 Å².